The second-order valence-electron chi connectivity index (χ2n) is 5.58. The minimum absolute atomic E-state index is 0.622. The first-order valence-electron chi connectivity index (χ1n) is 8.05. The number of rotatable bonds is 5. The SMILES string of the molecule is C=CCNc1nc(N2CCCCC2)nc(N2CCOCC2)n1. The molecule has 2 fully saturated rings. The third-order valence-electron chi connectivity index (χ3n) is 3.95. The van der Waals surface area contributed by atoms with Crippen molar-refractivity contribution in [2.24, 2.45) is 0 Å². The quantitative estimate of drug-likeness (QED) is 0.822. The standard InChI is InChI=1S/C15H24N6O/c1-2-6-16-13-17-14(20-7-4-3-5-8-20)19-15(18-13)21-9-11-22-12-10-21/h2H,1,3-12H2,(H,16,17,18,19). The van der Waals surface area contributed by atoms with Gasteiger partial charge in [-0.2, -0.15) is 15.0 Å². The van der Waals surface area contributed by atoms with E-state index in [1.165, 1.54) is 19.3 Å². The molecule has 2 saturated heterocycles. The highest BCUT2D eigenvalue weighted by Gasteiger charge is 2.20. The van der Waals surface area contributed by atoms with Gasteiger partial charge in [-0.15, -0.1) is 6.58 Å². The second-order valence-corrected chi connectivity index (χ2v) is 5.58. The van der Waals surface area contributed by atoms with Crippen LogP contribution in [0.2, 0.25) is 0 Å². The second kappa shape index (κ2) is 7.40. The summed E-state index contributed by atoms with van der Waals surface area (Å²) in [6.07, 6.45) is 5.50. The van der Waals surface area contributed by atoms with Gasteiger partial charge >= 0.3 is 0 Å². The molecule has 22 heavy (non-hydrogen) atoms. The molecule has 3 heterocycles. The molecule has 0 aromatic carbocycles. The van der Waals surface area contributed by atoms with Gasteiger partial charge in [-0.1, -0.05) is 6.08 Å². The number of nitrogens with zero attached hydrogens (tertiary/aromatic N) is 5. The Kier molecular flexibility index (Phi) is 5.05. The van der Waals surface area contributed by atoms with Crippen molar-refractivity contribution in [2.75, 3.05) is 61.1 Å². The maximum Gasteiger partial charge on any atom is 0.232 e. The van der Waals surface area contributed by atoms with E-state index in [4.69, 9.17) is 9.72 Å². The normalized spacial score (nSPS) is 19.1. The Balaban J connectivity index is 1.84. The number of piperidine rings is 1. The van der Waals surface area contributed by atoms with E-state index in [0.717, 1.165) is 51.3 Å². The molecule has 120 valence electrons. The summed E-state index contributed by atoms with van der Waals surface area (Å²) in [5.41, 5.74) is 0. The van der Waals surface area contributed by atoms with Crippen LogP contribution < -0.4 is 15.1 Å². The monoisotopic (exact) mass is 304 g/mol. The predicted octanol–water partition coefficient (Wildman–Crippen LogP) is 1.30. The van der Waals surface area contributed by atoms with Gasteiger partial charge in [0.2, 0.25) is 17.8 Å². The summed E-state index contributed by atoms with van der Waals surface area (Å²) < 4.78 is 5.41. The lowest BCUT2D eigenvalue weighted by molar-refractivity contribution is 0.122. The van der Waals surface area contributed by atoms with Crippen LogP contribution in [-0.2, 0) is 4.74 Å². The van der Waals surface area contributed by atoms with Gasteiger partial charge < -0.3 is 19.9 Å². The molecular weight excluding hydrogens is 280 g/mol. The first kappa shape index (κ1) is 15.0. The molecule has 0 amide bonds. The van der Waals surface area contributed by atoms with Crippen molar-refractivity contribution in [2.45, 2.75) is 19.3 Å². The lowest BCUT2D eigenvalue weighted by Crippen LogP contribution is -2.38. The van der Waals surface area contributed by atoms with E-state index in [0.29, 0.717) is 12.5 Å². The summed E-state index contributed by atoms with van der Waals surface area (Å²) in [4.78, 5) is 18.2. The summed E-state index contributed by atoms with van der Waals surface area (Å²) in [6.45, 7) is 9.51. The zero-order valence-corrected chi connectivity index (χ0v) is 13.0. The van der Waals surface area contributed by atoms with E-state index in [9.17, 15) is 0 Å². The highest BCUT2D eigenvalue weighted by Crippen LogP contribution is 2.20. The Morgan fingerprint density at radius 3 is 2.23 bits per heavy atom. The Labute approximate surface area is 131 Å². The third-order valence-corrected chi connectivity index (χ3v) is 3.95. The highest BCUT2D eigenvalue weighted by molar-refractivity contribution is 5.45. The molecule has 1 aromatic rings. The van der Waals surface area contributed by atoms with E-state index in [2.05, 4.69) is 31.7 Å². The van der Waals surface area contributed by atoms with E-state index >= 15 is 0 Å². The van der Waals surface area contributed by atoms with Crippen LogP contribution in [0, 0.1) is 0 Å². The molecule has 0 bridgehead atoms. The number of hydrogen-bond acceptors (Lipinski definition) is 7. The molecule has 1 N–H and O–H groups in total. The number of aromatic nitrogens is 3. The molecule has 3 rings (SSSR count). The Bertz CT molecular complexity index is 461. The number of anilines is 3. The molecular formula is C15H24N6O. The van der Waals surface area contributed by atoms with Gasteiger partial charge in [-0.25, -0.2) is 0 Å². The van der Waals surface area contributed by atoms with Crippen LogP contribution in [0.15, 0.2) is 12.7 Å². The van der Waals surface area contributed by atoms with Crippen molar-refractivity contribution in [1.29, 1.82) is 0 Å². The summed E-state index contributed by atoms with van der Waals surface area (Å²) in [6, 6.07) is 0. The zero-order valence-electron chi connectivity index (χ0n) is 13.0. The van der Waals surface area contributed by atoms with Gasteiger partial charge in [0.25, 0.3) is 0 Å². The number of hydrogen-bond donors (Lipinski definition) is 1. The molecule has 0 unspecified atom stereocenters. The molecule has 2 aliphatic rings. The van der Waals surface area contributed by atoms with Crippen molar-refractivity contribution in [1.82, 2.24) is 15.0 Å². The molecule has 7 nitrogen and oxygen atoms in total. The molecule has 0 atom stereocenters. The fourth-order valence-corrected chi connectivity index (χ4v) is 2.74. The van der Waals surface area contributed by atoms with Gasteiger partial charge in [0.05, 0.1) is 13.2 Å². The number of ether oxygens (including phenoxy) is 1. The lowest BCUT2D eigenvalue weighted by Gasteiger charge is -2.30. The maximum atomic E-state index is 5.41. The highest BCUT2D eigenvalue weighted by atomic mass is 16.5. The third kappa shape index (κ3) is 3.65. The van der Waals surface area contributed by atoms with Crippen LogP contribution in [0.5, 0.6) is 0 Å². The average Bonchev–Trinajstić information content (AvgIpc) is 2.61. The van der Waals surface area contributed by atoms with E-state index in [1.807, 2.05) is 0 Å². The minimum atomic E-state index is 0.622. The van der Waals surface area contributed by atoms with Crippen LogP contribution in [0.3, 0.4) is 0 Å². The molecule has 1 aromatic heterocycles. The van der Waals surface area contributed by atoms with E-state index in [1.54, 1.807) is 6.08 Å². The van der Waals surface area contributed by atoms with Crippen LogP contribution in [-0.4, -0.2) is 60.9 Å². The summed E-state index contributed by atoms with van der Waals surface area (Å²) in [5, 5.41) is 3.19. The van der Waals surface area contributed by atoms with Crippen molar-refractivity contribution in [3.63, 3.8) is 0 Å². The van der Waals surface area contributed by atoms with Crippen LogP contribution in [0.25, 0.3) is 0 Å². The first-order chi connectivity index (χ1) is 10.9. The molecule has 0 aliphatic carbocycles. The van der Waals surface area contributed by atoms with Crippen molar-refractivity contribution < 1.29 is 4.74 Å². The summed E-state index contributed by atoms with van der Waals surface area (Å²) in [5.74, 6) is 2.14. The minimum Gasteiger partial charge on any atom is -0.378 e. The molecule has 0 radical (unpaired) electrons. The van der Waals surface area contributed by atoms with Crippen molar-refractivity contribution in [3.8, 4) is 0 Å². The van der Waals surface area contributed by atoms with Crippen molar-refractivity contribution >= 4 is 17.8 Å². The maximum absolute atomic E-state index is 5.41. The van der Waals surface area contributed by atoms with Gasteiger partial charge in [-0.05, 0) is 19.3 Å². The van der Waals surface area contributed by atoms with Gasteiger partial charge in [0, 0.05) is 32.7 Å². The Morgan fingerprint density at radius 1 is 0.955 bits per heavy atom. The smallest absolute Gasteiger partial charge is 0.232 e. The van der Waals surface area contributed by atoms with Crippen LogP contribution in [0.1, 0.15) is 19.3 Å². The van der Waals surface area contributed by atoms with E-state index in [-0.39, 0.29) is 0 Å². The van der Waals surface area contributed by atoms with Crippen LogP contribution >= 0.6 is 0 Å². The molecule has 7 heteroatoms. The van der Waals surface area contributed by atoms with E-state index < -0.39 is 0 Å². The summed E-state index contributed by atoms with van der Waals surface area (Å²) in [7, 11) is 0. The first-order valence-corrected chi connectivity index (χ1v) is 8.05. The molecule has 0 saturated carbocycles. The molecule has 2 aliphatic heterocycles. The fraction of sp³-hybridized carbons (Fsp3) is 0.667. The van der Waals surface area contributed by atoms with Crippen molar-refractivity contribution in [3.05, 3.63) is 12.7 Å². The molecule has 0 spiro atoms. The fourth-order valence-electron chi connectivity index (χ4n) is 2.74. The Morgan fingerprint density at radius 2 is 1.59 bits per heavy atom. The van der Waals surface area contributed by atoms with Crippen LogP contribution in [0.4, 0.5) is 17.8 Å². The Hall–Kier alpha value is -1.89. The largest absolute Gasteiger partial charge is 0.378 e. The van der Waals surface area contributed by atoms with Gasteiger partial charge in [-0.3, -0.25) is 0 Å². The lowest BCUT2D eigenvalue weighted by atomic mass is 10.1. The predicted molar refractivity (Wildman–Crippen MR) is 87.6 cm³/mol. The van der Waals surface area contributed by atoms with Gasteiger partial charge in [0.1, 0.15) is 0 Å². The zero-order chi connectivity index (χ0) is 15.2. The number of nitrogens with one attached hydrogen (secondary N) is 1. The topological polar surface area (TPSA) is 66.4 Å². The number of morpholine rings is 1. The summed E-state index contributed by atoms with van der Waals surface area (Å²) >= 11 is 0. The van der Waals surface area contributed by atoms with Gasteiger partial charge in [0.15, 0.2) is 0 Å². The average molecular weight is 304 g/mol.